The summed E-state index contributed by atoms with van der Waals surface area (Å²) in [5.41, 5.74) is 2.92. The van der Waals surface area contributed by atoms with Gasteiger partial charge >= 0.3 is 0 Å². The molecule has 1 atom stereocenters. The molecule has 1 aliphatic rings. The number of aromatic amines is 1. The molecule has 2 N–H and O–H groups in total. The van der Waals surface area contributed by atoms with Gasteiger partial charge in [0.2, 0.25) is 11.8 Å². The molecule has 1 saturated carbocycles. The number of hydrogen-bond acceptors (Lipinski definition) is 5. The average Bonchev–Trinajstić information content (AvgIpc) is 3.42. The van der Waals surface area contributed by atoms with E-state index in [0.717, 1.165) is 42.1 Å². The molecule has 41 heavy (non-hydrogen) atoms. The highest BCUT2D eigenvalue weighted by Gasteiger charge is 2.36. The van der Waals surface area contributed by atoms with Gasteiger partial charge < -0.3 is 24.5 Å². The molecule has 1 aromatic heterocycles. The van der Waals surface area contributed by atoms with Gasteiger partial charge in [0.1, 0.15) is 11.8 Å². The quantitative estimate of drug-likeness (QED) is 0.252. The number of aromatic nitrogens is 1. The number of amides is 2. The van der Waals surface area contributed by atoms with Crippen molar-refractivity contribution in [1.29, 1.82) is 0 Å². The van der Waals surface area contributed by atoms with Crippen LogP contribution in [0.2, 0.25) is 0 Å². The Labute approximate surface area is 240 Å². The Hall–Kier alpha value is -4.46. The lowest BCUT2D eigenvalue weighted by molar-refractivity contribution is -0.127. The number of carbonyl (C=O) groups excluding carboxylic acids is 2. The van der Waals surface area contributed by atoms with E-state index < -0.39 is 6.04 Å². The third-order valence-electron chi connectivity index (χ3n) is 7.81. The smallest absolute Gasteiger partial charge is 0.248 e. The van der Waals surface area contributed by atoms with Crippen LogP contribution >= 0.6 is 0 Å². The molecule has 0 saturated heterocycles. The van der Waals surface area contributed by atoms with E-state index in [9.17, 15) is 9.59 Å². The first-order valence-corrected chi connectivity index (χ1v) is 14.1. The lowest BCUT2D eigenvalue weighted by atomic mass is 9.94. The number of fused-ring (bicyclic) bond motifs is 1. The lowest BCUT2D eigenvalue weighted by Gasteiger charge is -2.34. The highest BCUT2D eigenvalue weighted by atomic mass is 16.5. The summed E-state index contributed by atoms with van der Waals surface area (Å²) in [6, 6.07) is 19.6. The topological polar surface area (TPSA) is 92.9 Å². The van der Waals surface area contributed by atoms with Gasteiger partial charge in [-0.3, -0.25) is 14.5 Å². The minimum atomic E-state index is -0.981. The average molecular weight is 556 g/mol. The van der Waals surface area contributed by atoms with E-state index in [1.165, 1.54) is 6.42 Å². The Morgan fingerprint density at radius 2 is 1.59 bits per heavy atom. The molecule has 4 aromatic rings. The summed E-state index contributed by atoms with van der Waals surface area (Å²) in [7, 11) is 4.68. The first-order chi connectivity index (χ1) is 20.0. The van der Waals surface area contributed by atoms with E-state index in [2.05, 4.69) is 10.3 Å². The van der Waals surface area contributed by atoms with Crippen molar-refractivity contribution in [2.45, 2.75) is 50.6 Å². The molecular weight excluding hydrogens is 518 g/mol. The van der Waals surface area contributed by atoms with Crippen LogP contribution < -0.4 is 24.4 Å². The Bertz CT molecular complexity index is 1510. The highest BCUT2D eigenvalue weighted by Crippen LogP contribution is 2.38. The van der Waals surface area contributed by atoms with Gasteiger partial charge in [0, 0.05) is 23.1 Å². The van der Waals surface area contributed by atoms with E-state index >= 15 is 0 Å². The van der Waals surface area contributed by atoms with Crippen LogP contribution in [0.5, 0.6) is 17.2 Å². The summed E-state index contributed by atoms with van der Waals surface area (Å²) in [6.45, 7) is 0. The number of para-hydroxylation sites is 3. The molecule has 1 aliphatic carbocycles. The molecule has 8 heteroatoms. The largest absolute Gasteiger partial charge is 0.495 e. The van der Waals surface area contributed by atoms with Crippen molar-refractivity contribution in [2.24, 2.45) is 0 Å². The molecule has 3 aromatic carbocycles. The second-order valence-electron chi connectivity index (χ2n) is 10.3. The van der Waals surface area contributed by atoms with Gasteiger partial charge in [-0.05, 0) is 54.3 Å². The Morgan fingerprint density at radius 1 is 0.878 bits per heavy atom. The summed E-state index contributed by atoms with van der Waals surface area (Å²) in [4.78, 5) is 33.5. The summed E-state index contributed by atoms with van der Waals surface area (Å²) in [6.07, 6.45) is 7.09. The number of ether oxygens (including phenoxy) is 3. The Morgan fingerprint density at radius 3 is 2.34 bits per heavy atom. The normalized spacial score (nSPS) is 14.3. The van der Waals surface area contributed by atoms with Gasteiger partial charge in [0.15, 0.2) is 11.5 Å². The van der Waals surface area contributed by atoms with Crippen LogP contribution in [0.1, 0.15) is 49.3 Å². The van der Waals surface area contributed by atoms with E-state index in [1.807, 2.05) is 54.7 Å². The van der Waals surface area contributed by atoms with Crippen molar-refractivity contribution in [3.63, 3.8) is 0 Å². The predicted molar refractivity (Wildman–Crippen MR) is 160 cm³/mol. The monoisotopic (exact) mass is 555 g/mol. The number of nitrogens with one attached hydrogen (secondary N) is 2. The predicted octanol–water partition coefficient (Wildman–Crippen LogP) is 5.96. The van der Waals surface area contributed by atoms with Crippen molar-refractivity contribution < 1.29 is 23.8 Å². The van der Waals surface area contributed by atoms with Crippen molar-refractivity contribution in [2.75, 3.05) is 26.2 Å². The van der Waals surface area contributed by atoms with Gasteiger partial charge in [0.05, 0.1) is 33.4 Å². The SMILES string of the molecule is COc1ccc(C(C(=O)NC2CCCCC2)N(C(=O)Cc2c[nH]c3ccccc23)c2ccccc2OC)cc1OC. The molecule has 5 rings (SSSR count). The summed E-state index contributed by atoms with van der Waals surface area (Å²) in [5.74, 6) is 1.03. The van der Waals surface area contributed by atoms with Crippen molar-refractivity contribution >= 4 is 28.4 Å². The molecule has 0 bridgehead atoms. The van der Waals surface area contributed by atoms with E-state index in [-0.39, 0.29) is 24.3 Å². The first kappa shape index (κ1) is 28.1. The number of nitrogens with zero attached hydrogens (tertiary/aromatic N) is 1. The van der Waals surface area contributed by atoms with Crippen LogP contribution in [-0.4, -0.2) is 44.2 Å². The molecule has 1 heterocycles. The van der Waals surface area contributed by atoms with Gasteiger partial charge in [-0.15, -0.1) is 0 Å². The molecule has 1 fully saturated rings. The van der Waals surface area contributed by atoms with Crippen molar-refractivity contribution in [1.82, 2.24) is 10.3 Å². The van der Waals surface area contributed by atoms with Crippen LogP contribution in [0, 0.1) is 0 Å². The van der Waals surface area contributed by atoms with E-state index in [0.29, 0.717) is 28.5 Å². The third kappa shape index (κ3) is 6.01. The Kier molecular flexibility index (Phi) is 8.77. The molecule has 214 valence electrons. The third-order valence-corrected chi connectivity index (χ3v) is 7.81. The lowest BCUT2D eigenvalue weighted by Crippen LogP contribution is -2.47. The van der Waals surface area contributed by atoms with Crippen molar-refractivity contribution in [3.8, 4) is 17.2 Å². The fraction of sp³-hybridized carbons (Fsp3) is 0.333. The minimum Gasteiger partial charge on any atom is -0.495 e. The molecular formula is C33H37N3O5. The fourth-order valence-electron chi connectivity index (χ4n) is 5.74. The first-order valence-electron chi connectivity index (χ1n) is 14.1. The van der Waals surface area contributed by atoms with Crippen LogP contribution in [0.15, 0.2) is 72.9 Å². The van der Waals surface area contributed by atoms with Gasteiger partial charge in [-0.1, -0.05) is 55.7 Å². The number of hydrogen-bond donors (Lipinski definition) is 2. The maximum Gasteiger partial charge on any atom is 0.248 e. The maximum atomic E-state index is 14.4. The number of H-pyrrole nitrogens is 1. The van der Waals surface area contributed by atoms with Crippen LogP contribution in [0.4, 0.5) is 5.69 Å². The number of benzene rings is 3. The molecule has 0 radical (unpaired) electrons. The van der Waals surface area contributed by atoms with Crippen LogP contribution in [0.3, 0.4) is 0 Å². The molecule has 8 nitrogen and oxygen atoms in total. The van der Waals surface area contributed by atoms with Gasteiger partial charge in [-0.25, -0.2) is 0 Å². The second-order valence-corrected chi connectivity index (χ2v) is 10.3. The molecule has 2 amide bonds. The summed E-state index contributed by atoms with van der Waals surface area (Å²) >= 11 is 0. The standard InChI is InChI=1S/C33H37N3O5/c1-39-28-16-10-9-15-27(28)36(31(37)20-23-21-34-26-14-8-7-13-25(23)26)32(33(38)35-24-11-5-4-6-12-24)22-17-18-29(40-2)30(19-22)41-3/h7-10,13-19,21,24,32,34H,4-6,11-12,20H2,1-3H3,(H,35,38). The van der Waals surface area contributed by atoms with Crippen LogP contribution in [-0.2, 0) is 16.0 Å². The molecule has 1 unspecified atom stereocenters. The van der Waals surface area contributed by atoms with Gasteiger partial charge in [0.25, 0.3) is 0 Å². The fourth-order valence-corrected chi connectivity index (χ4v) is 5.74. The molecule has 0 spiro atoms. The zero-order valence-electron chi connectivity index (χ0n) is 23.8. The highest BCUT2D eigenvalue weighted by molar-refractivity contribution is 6.04. The van der Waals surface area contributed by atoms with E-state index in [1.54, 1.807) is 44.4 Å². The zero-order chi connectivity index (χ0) is 28.8. The summed E-state index contributed by atoms with van der Waals surface area (Å²) < 4.78 is 16.8. The summed E-state index contributed by atoms with van der Waals surface area (Å²) in [5, 5.41) is 4.23. The number of anilines is 1. The second kappa shape index (κ2) is 12.8. The maximum absolute atomic E-state index is 14.4. The van der Waals surface area contributed by atoms with Gasteiger partial charge in [-0.2, -0.15) is 0 Å². The number of methoxy groups -OCH3 is 3. The minimum absolute atomic E-state index is 0.0575. The zero-order valence-corrected chi connectivity index (χ0v) is 23.8. The number of carbonyl (C=O) groups is 2. The molecule has 0 aliphatic heterocycles. The van der Waals surface area contributed by atoms with Crippen molar-refractivity contribution in [3.05, 3.63) is 84.1 Å². The van der Waals surface area contributed by atoms with Crippen LogP contribution in [0.25, 0.3) is 10.9 Å². The Balaban J connectivity index is 1.63. The number of rotatable bonds is 10. The van der Waals surface area contributed by atoms with E-state index in [4.69, 9.17) is 14.2 Å².